The minimum atomic E-state index is -0.313. The highest BCUT2D eigenvalue weighted by atomic mass is 16.5. The van der Waals surface area contributed by atoms with Gasteiger partial charge in [-0.15, -0.1) is 0 Å². The molecule has 0 N–H and O–H groups in total. The zero-order valence-electron chi connectivity index (χ0n) is 20.8. The van der Waals surface area contributed by atoms with Crippen molar-refractivity contribution in [3.05, 3.63) is 0 Å². The van der Waals surface area contributed by atoms with Crippen molar-refractivity contribution in [1.82, 2.24) is 0 Å². The van der Waals surface area contributed by atoms with Gasteiger partial charge in [-0.3, -0.25) is 9.59 Å². The molecule has 0 aromatic rings. The molecular weight excluding hydrogens is 388 g/mol. The average Bonchev–Trinajstić information content (AvgIpc) is 2.77. The summed E-state index contributed by atoms with van der Waals surface area (Å²) in [6.07, 6.45) is 20.4. The molecule has 182 valence electrons. The number of esters is 2. The zero-order valence-corrected chi connectivity index (χ0v) is 20.8. The van der Waals surface area contributed by atoms with E-state index >= 15 is 0 Å². The fraction of sp³-hybridized carbons (Fsp3) is 0.926. The molecule has 2 atom stereocenters. The van der Waals surface area contributed by atoms with Crippen LogP contribution < -0.4 is 0 Å². The summed E-state index contributed by atoms with van der Waals surface area (Å²) in [7, 11) is 0. The minimum Gasteiger partial charge on any atom is -0.465 e. The van der Waals surface area contributed by atoms with Gasteiger partial charge in [-0.05, 0) is 25.2 Å². The molecule has 0 saturated heterocycles. The van der Waals surface area contributed by atoms with Gasteiger partial charge in [-0.1, -0.05) is 111 Å². The second-order valence-electron chi connectivity index (χ2n) is 9.93. The van der Waals surface area contributed by atoms with E-state index in [0.29, 0.717) is 19.1 Å². The third-order valence-corrected chi connectivity index (χ3v) is 6.42. The van der Waals surface area contributed by atoms with Crippen LogP contribution in [0, 0.1) is 17.8 Å². The first-order valence-electron chi connectivity index (χ1n) is 13.4. The summed E-state index contributed by atoms with van der Waals surface area (Å²) < 4.78 is 10.9. The Morgan fingerprint density at radius 2 is 1.10 bits per heavy atom. The van der Waals surface area contributed by atoms with Gasteiger partial charge in [0.05, 0.1) is 25.0 Å². The molecule has 0 spiro atoms. The van der Waals surface area contributed by atoms with Gasteiger partial charge < -0.3 is 9.47 Å². The number of rotatable bonds is 18. The average molecular weight is 439 g/mol. The largest absolute Gasteiger partial charge is 0.465 e. The van der Waals surface area contributed by atoms with Crippen LogP contribution in [0.1, 0.15) is 130 Å². The molecule has 0 aliphatic heterocycles. The second-order valence-corrected chi connectivity index (χ2v) is 9.93. The molecule has 1 aliphatic rings. The molecule has 0 radical (unpaired) electrons. The van der Waals surface area contributed by atoms with Gasteiger partial charge in [0.2, 0.25) is 0 Å². The third-order valence-electron chi connectivity index (χ3n) is 6.42. The lowest BCUT2D eigenvalue weighted by Crippen LogP contribution is -2.35. The maximum absolute atomic E-state index is 12.5. The van der Waals surface area contributed by atoms with Gasteiger partial charge in [0.15, 0.2) is 0 Å². The van der Waals surface area contributed by atoms with Crippen molar-refractivity contribution in [3.63, 3.8) is 0 Å². The molecule has 4 heteroatoms. The Hall–Kier alpha value is -1.06. The smallest absolute Gasteiger partial charge is 0.309 e. The van der Waals surface area contributed by atoms with E-state index in [9.17, 15) is 9.59 Å². The summed E-state index contributed by atoms with van der Waals surface area (Å²) in [6.45, 7) is 7.23. The lowest BCUT2D eigenvalue weighted by molar-refractivity contribution is -0.163. The number of ether oxygens (including phenoxy) is 2. The van der Waals surface area contributed by atoms with E-state index < -0.39 is 0 Å². The topological polar surface area (TPSA) is 52.6 Å². The minimum absolute atomic E-state index is 0.190. The van der Waals surface area contributed by atoms with E-state index in [1.807, 2.05) is 13.8 Å². The Bertz CT molecular complexity index is 460. The quantitative estimate of drug-likeness (QED) is 0.163. The molecule has 0 heterocycles. The molecule has 1 fully saturated rings. The van der Waals surface area contributed by atoms with E-state index in [2.05, 4.69) is 6.92 Å². The number of unbranched alkanes of at least 4 members (excludes halogenated alkanes) is 12. The van der Waals surface area contributed by atoms with Crippen molar-refractivity contribution in [2.75, 3.05) is 13.2 Å². The van der Waals surface area contributed by atoms with Crippen molar-refractivity contribution in [2.45, 2.75) is 130 Å². The van der Waals surface area contributed by atoms with Crippen molar-refractivity contribution >= 4 is 11.9 Å². The fourth-order valence-electron chi connectivity index (χ4n) is 4.45. The van der Waals surface area contributed by atoms with Crippen LogP contribution in [0.15, 0.2) is 0 Å². The van der Waals surface area contributed by atoms with Crippen LogP contribution in [0.2, 0.25) is 0 Å². The lowest BCUT2D eigenvalue weighted by Gasteiger charge is -2.28. The molecule has 1 saturated carbocycles. The second kappa shape index (κ2) is 18.5. The van der Waals surface area contributed by atoms with E-state index in [-0.39, 0.29) is 23.8 Å². The SMILES string of the molecule is CCCCCCCCCCCCCCCOC(=O)C1CCCCC1C(=O)OCC(C)C. The van der Waals surface area contributed by atoms with Crippen LogP contribution >= 0.6 is 0 Å². The summed E-state index contributed by atoms with van der Waals surface area (Å²) in [5.74, 6) is -0.711. The first-order valence-corrected chi connectivity index (χ1v) is 13.4. The standard InChI is InChI=1S/C27H50O4/c1-4-5-6-7-8-9-10-11-12-13-14-15-18-21-30-26(28)24-19-16-17-20-25(24)27(29)31-22-23(2)3/h23-25H,4-22H2,1-3H3. The van der Waals surface area contributed by atoms with Crippen LogP contribution in [0.3, 0.4) is 0 Å². The van der Waals surface area contributed by atoms with Crippen LogP contribution in [-0.4, -0.2) is 25.2 Å². The molecule has 31 heavy (non-hydrogen) atoms. The summed E-state index contributed by atoms with van der Waals surface area (Å²) in [6, 6.07) is 0. The first-order chi connectivity index (χ1) is 15.1. The summed E-state index contributed by atoms with van der Waals surface area (Å²) in [4.78, 5) is 24.9. The van der Waals surface area contributed by atoms with Gasteiger partial charge in [0.1, 0.15) is 0 Å². The van der Waals surface area contributed by atoms with Gasteiger partial charge >= 0.3 is 11.9 Å². The summed E-state index contributed by atoms with van der Waals surface area (Å²) in [5, 5.41) is 0. The van der Waals surface area contributed by atoms with Crippen LogP contribution in [0.25, 0.3) is 0 Å². The van der Waals surface area contributed by atoms with Crippen molar-refractivity contribution in [3.8, 4) is 0 Å². The number of carbonyl (C=O) groups excluding carboxylic acids is 2. The lowest BCUT2D eigenvalue weighted by atomic mass is 9.79. The Labute approximate surface area is 192 Å². The predicted molar refractivity (Wildman–Crippen MR) is 128 cm³/mol. The van der Waals surface area contributed by atoms with Crippen molar-refractivity contribution < 1.29 is 19.1 Å². The normalized spacial score (nSPS) is 18.8. The van der Waals surface area contributed by atoms with Gasteiger partial charge in [0.25, 0.3) is 0 Å². The van der Waals surface area contributed by atoms with E-state index in [1.54, 1.807) is 0 Å². The molecule has 4 nitrogen and oxygen atoms in total. The van der Waals surface area contributed by atoms with E-state index in [4.69, 9.17) is 9.47 Å². The Morgan fingerprint density at radius 1 is 0.677 bits per heavy atom. The third kappa shape index (κ3) is 13.9. The van der Waals surface area contributed by atoms with E-state index in [0.717, 1.165) is 38.5 Å². The molecule has 1 aliphatic carbocycles. The van der Waals surface area contributed by atoms with Gasteiger partial charge in [0, 0.05) is 0 Å². The molecular formula is C27H50O4. The highest BCUT2D eigenvalue weighted by molar-refractivity contribution is 5.82. The molecule has 0 bridgehead atoms. The highest BCUT2D eigenvalue weighted by Crippen LogP contribution is 2.32. The number of hydrogen-bond donors (Lipinski definition) is 0. The summed E-state index contributed by atoms with van der Waals surface area (Å²) >= 11 is 0. The molecule has 1 rings (SSSR count). The Kier molecular flexibility index (Phi) is 16.7. The van der Waals surface area contributed by atoms with Crippen molar-refractivity contribution in [1.29, 1.82) is 0 Å². The monoisotopic (exact) mass is 438 g/mol. The van der Waals surface area contributed by atoms with Crippen LogP contribution in [0.4, 0.5) is 0 Å². The molecule has 0 aromatic carbocycles. The van der Waals surface area contributed by atoms with Gasteiger partial charge in [-0.25, -0.2) is 0 Å². The van der Waals surface area contributed by atoms with Crippen LogP contribution in [-0.2, 0) is 19.1 Å². The summed E-state index contributed by atoms with van der Waals surface area (Å²) in [5.41, 5.74) is 0. The molecule has 0 amide bonds. The van der Waals surface area contributed by atoms with Crippen molar-refractivity contribution in [2.24, 2.45) is 17.8 Å². The number of hydrogen-bond acceptors (Lipinski definition) is 4. The van der Waals surface area contributed by atoms with Crippen LogP contribution in [0.5, 0.6) is 0 Å². The Morgan fingerprint density at radius 3 is 1.55 bits per heavy atom. The predicted octanol–water partition coefficient (Wildman–Crippen LogP) is 7.63. The van der Waals surface area contributed by atoms with E-state index in [1.165, 1.54) is 70.6 Å². The maximum Gasteiger partial charge on any atom is 0.309 e. The zero-order chi connectivity index (χ0) is 22.7. The highest BCUT2D eigenvalue weighted by Gasteiger charge is 2.37. The fourth-order valence-corrected chi connectivity index (χ4v) is 4.45. The molecule has 0 aromatic heterocycles. The maximum atomic E-state index is 12.5. The molecule has 2 unspecified atom stereocenters. The number of carbonyl (C=O) groups is 2. The first kappa shape index (κ1) is 28.0. The van der Waals surface area contributed by atoms with Gasteiger partial charge in [-0.2, -0.15) is 0 Å². The Balaban J connectivity index is 2.04.